The Labute approximate surface area is 152 Å². The second-order valence-corrected chi connectivity index (χ2v) is 6.79. The van der Waals surface area contributed by atoms with Crippen LogP contribution in [-0.4, -0.2) is 19.7 Å². The number of aryl methyl sites for hydroxylation is 4. The molecule has 0 saturated heterocycles. The number of anilines is 2. The Kier molecular flexibility index (Phi) is 3.92. The smallest absolute Gasteiger partial charge is 0.168 e. The van der Waals surface area contributed by atoms with Crippen molar-refractivity contribution in [3.05, 3.63) is 71.2 Å². The third-order valence-corrected chi connectivity index (χ3v) is 4.59. The van der Waals surface area contributed by atoms with E-state index in [0.29, 0.717) is 0 Å². The molecule has 2 aromatic carbocycles. The summed E-state index contributed by atoms with van der Waals surface area (Å²) in [4.78, 5) is 8.88. The van der Waals surface area contributed by atoms with Crippen LogP contribution in [0.25, 0.3) is 16.7 Å². The molecule has 4 rings (SSSR count). The van der Waals surface area contributed by atoms with E-state index in [1.165, 1.54) is 22.3 Å². The zero-order valence-electron chi connectivity index (χ0n) is 15.4. The van der Waals surface area contributed by atoms with E-state index in [1.54, 1.807) is 6.33 Å². The molecule has 4 aromatic rings. The van der Waals surface area contributed by atoms with Gasteiger partial charge in [0.1, 0.15) is 12.1 Å². The largest absolute Gasteiger partial charge is 0.340 e. The summed E-state index contributed by atoms with van der Waals surface area (Å²) in [6.45, 7) is 8.39. The molecule has 0 bridgehead atoms. The Hall–Kier alpha value is -3.21. The third-order valence-electron chi connectivity index (χ3n) is 4.59. The monoisotopic (exact) mass is 343 g/mol. The van der Waals surface area contributed by atoms with Crippen LogP contribution in [0.1, 0.15) is 22.3 Å². The van der Waals surface area contributed by atoms with E-state index in [0.717, 1.165) is 28.2 Å². The van der Waals surface area contributed by atoms with Crippen LogP contribution >= 0.6 is 0 Å². The topological polar surface area (TPSA) is 55.6 Å². The van der Waals surface area contributed by atoms with Gasteiger partial charge in [-0.05, 0) is 74.2 Å². The summed E-state index contributed by atoms with van der Waals surface area (Å²) in [5.41, 5.74) is 7.72. The second kappa shape index (κ2) is 6.26. The predicted molar refractivity (Wildman–Crippen MR) is 105 cm³/mol. The molecule has 26 heavy (non-hydrogen) atoms. The molecule has 0 radical (unpaired) electrons. The van der Waals surface area contributed by atoms with Crippen LogP contribution in [-0.2, 0) is 0 Å². The van der Waals surface area contributed by atoms with Crippen molar-refractivity contribution in [2.24, 2.45) is 0 Å². The molecule has 1 N–H and O–H groups in total. The number of fused-ring (bicyclic) bond motifs is 1. The van der Waals surface area contributed by atoms with Crippen LogP contribution in [0, 0.1) is 27.7 Å². The summed E-state index contributed by atoms with van der Waals surface area (Å²) >= 11 is 0. The van der Waals surface area contributed by atoms with Crippen molar-refractivity contribution in [1.82, 2.24) is 19.7 Å². The molecule has 0 fully saturated rings. The highest BCUT2D eigenvalue weighted by molar-refractivity contribution is 5.89. The van der Waals surface area contributed by atoms with Crippen LogP contribution < -0.4 is 5.32 Å². The molecule has 0 aliphatic carbocycles. The summed E-state index contributed by atoms with van der Waals surface area (Å²) in [5.74, 6) is 0.759. The molecule has 0 aliphatic heterocycles. The lowest BCUT2D eigenvalue weighted by Crippen LogP contribution is -2.00. The molecular formula is C21H21N5. The molecular weight excluding hydrogens is 322 g/mol. The van der Waals surface area contributed by atoms with Gasteiger partial charge >= 0.3 is 0 Å². The summed E-state index contributed by atoms with van der Waals surface area (Å²) in [6, 6.07) is 12.7. The fourth-order valence-corrected chi connectivity index (χ4v) is 3.17. The van der Waals surface area contributed by atoms with Crippen molar-refractivity contribution in [2.45, 2.75) is 27.7 Å². The van der Waals surface area contributed by atoms with E-state index in [1.807, 2.05) is 10.9 Å². The van der Waals surface area contributed by atoms with Gasteiger partial charge in [-0.2, -0.15) is 5.10 Å². The molecule has 5 heteroatoms. The minimum atomic E-state index is 0.759. The van der Waals surface area contributed by atoms with E-state index in [-0.39, 0.29) is 0 Å². The fraction of sp³-hybridized carbons (Fsp3) is 0.190. The van der Waals surface area contributed by atoms with Gasteiger partial charge < -0.3 is 5.32 Å². The van der Waals surface area contributed by atoms with E-state index >= 15 is 0 Å². The number of nitrogens with zero attached hydrogens (tertiary/aromatic N) is 4. The molecule has 0 saturated carbocycles. The Morgan fingerprint density at radius 1 is 0.846 bits per heavy atom. The maximum atomic E-state index is 4.55. The zero-order chi connectivity index (χ0) is 18.3. The highest BCUT2D eigenvalue weighted by atomic mass is 15.3. The van der Waals surface area contributed by atoms with Crippen molar-refractivity contribution in [2.75, 3.05) is 5.32 Å². The van der Waals surface area contributed by atoms with Crippen LogP contribution in [0.2, 0.25) is 0 Å². The average Bonchev–Trinajstić information content (AvgIpc) is 3.02. The first-order valence-electron chi connectivity index (χ1n) is 8.63. The Balaban J connectivity index is 1.78. The van der Waals surface area contributed by atoms with Crippen molar-refractivity contribution in [3.8, 4) is 5.69 Å². The number of aromatic nitrogens is 4. The van der Waals surface area contributed by atoms with Gasteiger partial charge in [-0.25, -0.2) is 14.6 Å². The molecule has 0 amide bonds. The highest BCUT2D eigenvalue weighted by Gasteiger charge is 2.12. The van der Waals surface area contributed by atoms with Gasteiger partial charge in [0, 0.05) is 5.69 Å². The number of hydrogen-bond acceptors (Lipinski definition) is 4. The molecule has 2 aromatic heterocycles. The van der Waals surface area contributed by atoms with Crippen molar-refractivity contribution < 1.29 is 0 Å². The number of benzene rings is 2. The molecule has 0 unspecified atom stereocenters. The Bertz CT molecular complexity index is 1090. The SMILES string of the molecule is Cc1cc(C)cc(Nc2ncnc3c2cnn3-c2ccc(C)c(C)c2)c1. The summed E-state index contributed by atoms with van der Waals surface area (Å²) in [5, 5.41) is 8.85. The maximum Gasteiger partial charge on any atom is 0.168 e. The molecule has 5 nitrogen and oxygen atoms in total. The first-order chi connectivity index (χ1) is 12.5. The van der Waals surface area contributed by atoms with Crippen molar-refractivity contribution in [3.63, 3.8) is 0 Å². The first kappa shape index (κ1) is 16.3. The minimum absolute atomic E-state index is 0.759. The molecule has 130 valence electrons. The van der Waals surface area contributed by atoms with Gasteiger partial charge in [-0.1, -0.05) is 12.1 Å². The van der Waals surface area contributed by atoms with E-state index in [4.69, 9.17) is 0 Å². The van der Waals surface area contributed by atoms with Crippen molar-refractivity contribution >= 4 is 22.5 Å². The zero-order valence-corrected chi connectivity index (χ0v) is 15.4. The molecule has 0 atom stereocenters. The molecule has 2 heterocycles. The number of hydrogen-bond donors (Lipinski definition) is 1. The van der Waals surface area contributed by atoms with Crippen molar-refractivity contribution in [1.29, 1.82) is 0 Å². The minimum Gasteiger partial charge on any atom is -0.340 e. The standard InChI is InChI=1S/C21H21N5/c1-13-7-14(2)9-17(8-13)25-20-19-11-24-26(21(19)23-12-22-20)18-6-5-15(3)16(4)10-18/h5-12H,1-4H3,(H,22,23,25). The van der Waals surface area contributed by atoms with Crippen LogP contribution in [0.15, 0.2) is 48.9 Å². The Morgan fingerprint density at radius 2 is 1.62 bits per heavy atom. The fourth-order valence-electron chi connectivity index (χ4n) is 3.17. The lowest BCUT2D eigenvalue weighted by Gasteiger charge is -2.09. The van der Waals surface area contributed by atoms with E-state index in [2.05, 4.69) is 84.5 Å². The van der Waals surface area contributed by atoms with Crippen LogP contribution in [0.5, 0.6) is 0 Å². The highest BCUT2D eigenvalue weighted by Crippen LogP contribution is 2.26. The predicted octanol–water partition coefficient (Wildman–Crippen LogP) is 4.79. The Morgan fingerprint density at radius 3 is 2.35 bits per heavy atom. The second-order valence-electron chi connectivity index (χ2n) is 6.79. The van der Waals surface area contributed by atoms with Gasteiger partial charge in [0.05, 0.1) is 17.3 Å². The quantitative estimate of drug-likeness (QED) is 0.581. The summed E-state index contributed by atoms with van der Waals surface area (Å²) in [7, 11) is 0. The van der Waals surface area contributed by atoms with Gasteiger partial charge in [0.15, 0.2) is 5.65 Å². The van der Waals surface area contributed by atoms with Gasteiger partial charge in [-0.3, -0.25) is 0 Å². The van der Waals surface area contributed by atoms with E-state index < -0.39 is 0 Å². The average molecular weight is 343 g/mol. The van der Waals surface area contributed by atoms with Gasteiger partial charge in [-0.15, -0.1) is 0 Å². The lowest BCUT2D eigenvalue weighted by molar-refractivity contribution is 0.893. The molecule has 0 spiro atoms. The third kappa shape index (κ3) is 2.92. The molecule has 0 aliphatic rings. The van der Waals surface area contributed by atoms with Gasteiger partial charge in [0.25, 0.3) is 0 Å². The summed E-state index contributed by atoms with van der Waals surface area (Å²) in [6.07, 6.45) is 3.39. The summed E-state index contributed by atoms with van der Waals surface area (Å²) < 4.78 is 1.86. The van der Waals surface area contributed by atoms with E-state index in [9.17, 15) is 0 Å². The van der Waals surface area contributed by atoms with Gasteiger partial charge in [0.2, 0.25) is 0 Å². The van der Waals surface area contributed by atoms with Crippen LogP contribution in [0.4, 0.5) is 11.5 Å². The van der Waals surface area contributed by atoms with Crippen LogP contribution in [0.3, 0.4) is 0 Å². The number of nitrogens with one attached hydrogen (secondary N) is 1. The number of rotatable bonds is 3. The first-order valence-corrected chi connectivity index (χ1v) is 8.63. The lowest BCUT2D eigenvalue weighted by atomic mass is 10.1. The normalized spacial score (nSPS) is 11.1. The maximum absolute atomic E-state index is 4.55.